The number of carbonyl (C=O) groups excluding carboxylic acids is 1. The van der Waals surface area contributed by atoms with Gasteiger partial charge in [0.05, 0.1) is 18.8 Å². The van der Waals surface area contributed by atoms with Crippen molar-refractivity contribution in [3.05, 3.63) is 29.3 Å². The average Bonchev–Trinajstić information content (AvgIpc) is 2.83. The Hall–Kier alpha value is -1.55. The van der Waals surface area contributed by atoms with E-state index in [-0.39, 0.29) is 18.1 Å². The van der Waals surface area contributed by atoms with Gasteiger partial charge in [-0.2, -0.15) is 0 Å². The molecule has 0 saturated heterocycles. The largest absolute Gasteiger partial charge is 0.493 e. The number of aryl methyl sites for hydroxylation is 2. The van der Waals surface area contributed by atoms with Crippen molar-refractivity contribution in [3.8, 4) is 5.75 Å². The van der Waals surface area contributed by atoms with Gasteiger partial charge in [-0.3, -0.25) is 4.79 Å². The van der Waals surface area contributed by atoms with Crippen LogP contribution >= 0.6 is 0 Å². The van der Waals surface area contributed by atoms with Gasteiger partial charge < -0.3 is 15.2 Å². The van der Waals surface area contributed by atoms with Gasteiger partial charge in [0.25, 0.3) is 0 Å². The van der Waals surface area contributed by atoms with E-state index in [9.17, 15) is 9.90 Å². The molecular weight excluding hydrogens is 266 g/mol. The van der Waals surface area contributed by atoms with Gasteiger partial charge in [0, 0.05) is 6.42 Å². The highest BCUT2D eigenvalue weighted by molar-refractivity contribution is 5.76. The smallest absolute Gasteiger partial charge is 0.220 e. The first-order chi connectivity index (χ1) is 10.1. The van der Waals surface area contributed by atoms with Crippen molar-refractivity contribution >= 4 is 5.91 Å². The summed E-state index contributed by atoms with van der Waals surface area (Å²) in [5, 5.41) is 12.6. The Kier molecular flexibility index (Phi) is 5.62. The quantitative estimate of drug-likeness (QED) is 0.792. The van der Waals surface area contributed by atoms with Crippen LogP contribution in [-0.2, 0) is 4.79 Å². The van der Waals surface area contributed by atoms with Crippen molar-refractivity contribution in [3.63, 3.8) is 0 Å². The van der Waals surface area contributed by atoms with E-state index in [0.29, 0.717) is 19.4 Å². The Labute approximate surface area is 126 Å². The van der Waals surface area contributed by atoms with Crippen LogP contribution in [-0.4, -0.2) is 29.8 Å². The van der Waals surface area contributed by atoms with Crippen molar-refractivity contribution < 1.29 is 14.6 Å². The average molecular weight is 291 g/mol. The summed E-state index contributed by atoms with van der Waals surface area (Å²) in [6.07, 6.45) is 3.41. The molecule has 0 aliphatic heterocycles. The van der Waals surface area contributed by atoms with Crippen LogP contribution in [0.15, 0.2) is 18.2 Å². The third kappa shape index (κ3) is 4.46. The fraction of sp³-hybridized carbons (Fsp3) is 0.588. The van der Waals surface area contributed by atoms with Crippen LogP contribution in [0.1, 0.15) is 43.2 Å². The molecule has 0 heterocycles. The summed E-state index contributed by atoms with van der Waals surface area (Å²) < 4.78 is 5.78. The van der Waals surface area contributed by atoms with E-state index in [2.05, 4.69) is 5.32 Å². The van der Waals surface area contributed by atoms with Gasteiger partial charge >= 0.3 is 0 Å². The van der Waals surface area contributed by atoms with Crippen LogP contribution in [0.3, 0.4) is 0 Å². The lowest BCUT2D eigenvalue weighted by molar-refractivity contribution is -0.122. The van der Waals surface area contributed by atoms with E-state index in [1.165, 1.54) is 0 Å². The molecule has 1 fully saturated rings. The third-order valence-electron chi connectivity index (χ3n) is 4.03. The molecule has 21 heavy (non-hydrogen) atoms. The topological polar surface area (TPSA) is 58.6 Å². The molecule has 116 valence electrons. The van der Waals surface area contributed by atoms with Gasteiger partial charge in [-0.05, 0) is 50.7 Å². The number of ether oxygens (including phenoxy) is 1. The predicted octanol–water partition coefficient (Wildman–Crippen LogP) is 2.49. The van der Waals surface area contributed by atoms with Crippen molar-refractivity contribution in [1.29, 1.82) is 0 Å². The van der Waals surface area contributed by atoms with Crippen molar-refractivity contribution in [1.82, 2.24) is 5.32 Å². The summed E-state index contributed by atoms with van der Waals surface area (Å²) in [6.45, 7) is 4.58. The maximum atomic E-state index is 11.8. The number of hydrogen-bond acceptors (Lipinski definition) is 3. The van der Waals surface area contributed by atoms with E-state index in [4.69, 9.17) is 4.74 Å². The Morgan fingerprint density at radius 3 is 2.67 bits per heavy atom. The van der Waals surface area contributed by atoms with Crippen LogP contribution in [0.25, 0.3) is 0 Å². The molecule has 0 spiro atoms. The second-order valence-electron chi connectivity index (χ2n) is 5.85. The Morgan fingerprint density at radius 1 is 1.33 bits per heavy atom. The van der Waals surface area contributed by atoms with Gasteiger partial charge in [-0.1, -0.05) is 18.2 Å². The van der Waals surface area contributed by atoms with Crippen molar-refractivity contribution in [2.45, 2.75) is 58.1 Å². The molecule has 1 aromatic carbocycles. The molecule has 4 heteroatoms. The zero-order chi connectivity index (χ0) is 15.2. The minimum absolute atomic E-state index is 0.00561. The summed E-state index contributed by atoms with van der Waals surface area (Å²) >= 11 is 0. The molecule has 2 unspecified atom stereocenters. The molecule has 1 aliphatic rings. The maximum Gasteiger partial charge on any atom is 0.220 e. The molecule has 1 saturated carbocycles. The highest BCUT2D eigenvalue weighted by Gasteiger charge is 2.26. The first-order valence-electron chi connectivity index (χ1n) is 7.74. The second kappa shape index (κ2) is 7.46. The van der Waals surface area contributed by atoms with Gasteiger partial charge in [-0.15, -0.1) is 0 Å². The highest BCUT2D eigenvalue weighted by atomic mass is 16.5. The number of aliphatic hydroxyl groups is 1. The maximum absolute atomic E-state index is 11.8. The number of aliphatic hydroxyl groups excluding tert-OH is 1. The number of carbonyl (C=O) groups is 1. The lowest BCUT2D eigenvalue weighted by Gasteiger charge is -2.16. The van der Waals surface area contributed by atoms with Crippen LogP contribution < -0.4 is 10.1 Å². The molecule has 4 nitrogen and oxygen atoms in total. The summed E-state index contributed by atoms with van der Waals surface area (Å²) in [4.78, 5) is 11.8. The second-order valence-corrected chi connectivity index (χ2v) is 5.85. The molecule has 1 aliphatic carbocycles. The Balaban J connectivity index is 1.68. The Morgan fingerprint density at radius 2 is 2.05 bits per heavy atom. The zero-order valence-electron chi connectivity index (χ0n) is 12.9. The fourth-order valence-corrected chi connectivity index (χ4v) is 2.82. The number of benzene rings is 1. The van der Waals surface area contributed by atoms with Gasteiger partial charge in [0.15, 0.2) is 0 Å². The third-order valence-corrected chi connectivity index (χ3v) is 4.03. The van der Waals surface area contributed by atoms with Crippen LogP contribution in [0.5, 0.6) is 5.75 Å². The monoisotopic (exact) mass is 291 g/mol. The van der Waals surface area contributed by atoms with E-state index in [1.54, 1.807) is 0 Å². The summed E-state index contributed by atoms with van der Waals surface area (Å²) in [6, 6.07) is 6.00. The SMILES string of the molecule is Cc1cccc(C)c1OCCCC(=O)NC1CCCC1O. The number of hydrogen-bond donors (Lipinski definition) is 2. The van der Waals surface area contributed by atoms with Crippen LogP contribution in [0.4, 0.5) is 0 Å². The first-order valence-corrected chi connectivity index (χ1v) is 7.74. The number of nitrogens with one attached hydrogen (secondary N) is 1. The van der Waals surface area contributed by atoms with Gasteiger partial charge in [0.1, 0.15) is 5.75 Å². The minimum atomic E-state index is -0.375. The van der Waals surface area contributed by atoms with Gasteiger partial charge in [-0.25, -0.2) is 0 Å². The molecular formula is C17H25NO3. The zero-order valence-corrected chi connectivity index (χ0v) is 12.9. The molecule has 1 aromatic rings. The van der Waals surface area contributed by atoms with E-state index >= 15 is 0 Å². The van der Waals surface area contributed by atoms with Gasteiger partial charge in [0.2, 0.25) is 5.91 Å². The molecule has 2 N–H and O–H groups in total. The summed E-state index contributed by atoms with van der Waals surface area (Å²) in [7, 11) is 0. The Bertz CT molecular complexity index is 467. The lowest BCUT2D eigenvalue weighted by Crippen LogP contribution is -2.39. The molecule has 2 atom stereocenters. The van der Waals surface area contributed by atoms with E-state index < -0.39 is 0 Å². The van der Waals surface area contributed by atoms with Crippen molar-refractivity contribution in [2.75, 3.05) is 6.61 Å². The van der Waals surface area contributed by atoms with E-state index in [0.717, 1.165) is 36.1 Å². The fourth-order valence-electron chi connectivity index (χ4n) is 2.82. The molecule has 0 aromatic heterocycles. The predicted molar refractivity (Wildman–Crippen MR) is 82.4 cm³/mol. The number of para-hydroxylation sites is 1. The summed E-state index contributed by atoms with van der Waals surface area (Å²) in [5.74, 6) is 0.926. The first kappa shape index (κ1) is 15.8. The summed E-state index contributed by atoms with van der Waals surface area (Å²) in [5.41, 5.74) is 2.24. The normalized spacial score (nSPS) is 21.3. The minimum Gasteiger partial charge on any atom is -0.493 e. The molecule has 0 radical (unpaired) electrons. The lowest BCUT2D eigenvalue weighted by atomic mass is 10.1. The number of rotatable bonds is 6. The standard InChI is InChI=1S/C17H25NO3/c1-12-6-3-7-13(2)17(12)21-11-5-10-16(20)18-14-8-4-9-15(14)19/h3,6-7,14-15,19H,4-5,8-11H2,1-2H3,(H,18,20). The van der Waals surface area contributed by atoms with Crippen LogP contribution in [0, 0.1) is 13.8 Å². The van der Waals surface area contributed by atoms with Crippen molar-refractivity contribution in [2.24, 2.45) is 0 Å². The highest BCUT2D eigenvalue weighted by Crippen LogP contribution is 2.22. The number of amides is 1. The molecule has 2 rings (SSSR count). The van der Waals surface area contributed by atoms with Crippen LogP contribution in [0.2, 0.25) is 0 Å². The molecule has 1 amide bonds. The molecule has 0 bridgehead atoms. The van der Waals surface area contributed by atoms with E-state index in [1.807, 2.05) is 32.0 Å².